The van der Waals surface area contributed by atoms with E-state index < -0.39 is 0 Å². The van der Waals surface area contributed by atoms with Gasteiger partial charge in [0.2, 0.25) is 0 Å². The van der Waals surface area contributed by atoms with E-state index in [-0.39, 0.29) is 12.7 Å². The third-order valence-corrected chi connectivity index (χ3v) is 3.78. The monoisotopic (exact) mass is 263 g/mol. The molecule has 2 heterocycles. The summed E-state index contributed by atoms with van der Waals surface area (Å²) in [5.74, 6) is 1.55. The minimum Gasteiger partial charge on any atom is -0.486 e. The SMILES string of the molecule is OCC1COc2ccc(CN3CCCCC3)cc2O1. The van der Waals surface area contributed by atoms with E-state index in [2.05, 4.69) is 11.0 Å². The molecule has 1 N–H and O–H groups in total. The Balaban J connectivity index is 1.69. The second kappa shape index (κ2) is 5.80. The van der Waals surface area contributed by atoms with Crippen molar-refractivity contribution in [3.05, 3.63) is 23.8 Å². The number of ether oxygens (including phenoxy) is 2. The predicted octanol–water partition coefficient (Wildman–Crippen LogP) is 1.80. The number of rotatable bonds is 3. The molecule has 0 amide bonds. The van der Waals surface area contributed by atoms with Gasteiger partial charge < -0.3 is 14.6 Å². The van der Waals surface area contributed by atoms with Crippen LogP contribution in [0.2, 0.25) is 0 Å². The number of benzene rings is 1. The Hall–Kier alpha value is -1.26. The maximum Gasteiger partial charge on any atom is 0.162 e. The summed E-state index contributed by atoms with van der Waals surface area (Å²) in [6.45, 7) is 3.77. The average molecular weight is 263 g/mol. The summed E-state index contributed by atoms with van der Waals surface area (Å²) in [5.41, 5.74) is 1.25. The van der Waals surface area contributed by atoms with Crippen LogP contribution in [0.25, 0.3) is 0 Å². The lowest BCUT2D eigenvalue weighted by Crippen LogP contribution is -2.32. The first kappa shape index (κ1) is 12.8. The van der Waals surface area contributed by atoms with Gasteiger partial charge in [0, 0.05) is 6.54 Å². The van der Waals surface area contributed by atoms with E-state index in [9.17, 15) is 0 Å². The summed E-state index contributed by atoms with van der Waals surface area (Å²) in [4.78, 5) is 2.48. The highest BCUT2D eigenvalue weighted by Gasteiger charge is 2.21. The van der Waals surface area contributed by atoms with Crippen LogP contribution in [0, 0.1) is 0 Å². The van der Waals surface area contributed by atoms with Gasteiger partial charge in [-0.1, -0.05) is 12.5 Å². The molecular weight excluding hydrogens is 242 g/mol. The third kappa shape index (κ3) is 3.01. The fourth-order valence-corrected chi connectivity index (χ4v) is 2.72. The number of hydrogen-bond acceptors (Lipinski definition) is 4. The molecule has 1 atom stereocenters. The van der Waals surface area contributed by atoms with E-state index in [1.165, 1.54) is 37.9 Å². The smallest absolute Gasteiger partial charge is 0.162 e. The van der Waals surface area contributed by atoms with Crippen molar-refractivity contribution in [1.82, 2.24) is 4.90 Å². The van der Waals surface area contributed by atoms with Crippen molar-refractivity contribution in [2.24, 2.45) is 0 Å². The molecule has 0 bridgehead atoms. The minimum absolute atomic E-state index is 0.00417. The quantitative estimate of drug-likeness (QED) is 0.903. The molecule has 19 heavy (non-hydrogen) atoms. The van der Waals surface area contributed by atoms with Crippen LogP contribution < -0.4 is 9.47 Å². The Kier molecular flexibility index (Phi) is 3.89. The lowest BCUT2D eigenvalue weighted by Gasteiger charge is -2.28. The summed E-state index contributed by atoms with van der Waals surface area (Å²) in [6.07, 6.45) is 3.72. The van der Waals surface area contributed by atoms with E-state index in [1.54, 1.807) is 0 Å². The first-order valence-electron chi connectivity index (χ1n) is 7.11. The predicted molar refractivity (Wildman–Crippen MR) is 72.6 cm³/mol. The number of nitrogens with zero attached hydrogens (tertiary/aromatic N) is 1. The minimum atomic E-state index is -0.238. The van der Waals surface area contributed by atoms with E-state index in [4.69, 9.17) is 14.6 Å². The van der Waals surface area contributed by atoms with Crippen LogP contribution in [0.1, 0.15) is 24.8 Å². The molecule has 1 aromatic rings. The standard InChI is InChI=1S/C15H21NO3/c17-10-13-11-18-14-5-4-12(8-15(14)19-13)9-16-6-2-1-3-7-16/h4-5,8,13,17H,1-3,6-7,9-11H2. The van der Waals surface area contributed by atoms with Gasteiger partial charge >= 0.3 is 0 Å². The second-order valence-corrected chi connectivity index (χ2v) is 5.35. The Morgan fingerprint density at radius 1 is 1.16 bits per heavy atom. The van der Waals surface area contributed by atoms with Crippen molar-refractivity contribution in [2.75, 3.05) is 26.3 Å². The van der Waals surface area contributed by atoms with Gasteiger partial charge in [0.15, 0.2) is 17.6 Å². The van der Waals surface area contributed by atoms with Crippen LogP contribution >= 0.6 is 0 Å². The maximum absolute atomic E-state index is 9.13. The Morgan fingerprint density at radius 3 is 2.79 bits per heavy atom. The highest BCUT2D eigenvalue weighted by molar-refractivity contribution is 5.44. The van der Waals surface area contributed by atoms with Crippen molar-refractivity contribution in [1.29, 1.82) is 0 Å². The van der Waals surface area contributed by atoms with Gasteiger partial charge in [-0.25, -0.2) is 0 Å². The van der Waals surface area contributed by atoms with Gasteiger partial charge in [0.1, 0.15) is 6.61 Å². The molecule has 104 valence electrons. The topological polar surface area (TPSA) is 41.9 Å². The van der Waals surface area contributed by atoms with E-state index in [0.717, 1.165) is 18.0 Å². The van der Waals surface area contributed by atoms with Crippen LogP contribution in [-0.4, -0.2) is 42.4 Å². The van der Waals surface area contributed by atoms with Gasteiger partial charge in [0.25, 0.3) is 0 Å². The number of piperidine rings is 1. The largest absolute Gasteiger partial charge is 0.486 e. The first-order chi connectivity index (χ1) is 9.35. The number of aliphatic hydroxyl groups is 1. The molecule has 0 aromatic heterocycles. The molecule has 0 saturated carbocycles. The molecule has 3 rings (SSSR count). The number of fused-ring (bicyclic) bond motifs is 1. The first-order valence-corrected chi connectivity index (χ1v) is 7.11. The number of aliphatic hydroxyl groups excluding tert-OH is 1. The van der Waals surface area contributed by atoms with Crippen molar-refractivity contribution in [3.8, 4) is 11.5 Å². The van der Waals surface area contributed by atoms with Crippen molar-refractivity contribution >= 4 is 0 Å². The summed E-state index contributed by atoms with van der Waals surface area (Å²) < 4.78 is 11.3. The zero-order valence-corrected chi connectivity index (χ0v) is 11.2. The highest BCUT2D eigenvalue weighted by Crippen LogP contribution is 2.33. The summed E-state index contributed by atoms with van der Waals surface area (Å²) in [7, 11) is 0. The van der Waals surface area contributed by atoms with Crippen molar-refractivity contribution in [2.45, 2.75) is 31.9 Å². The molecule has 1 unspecified atom stereocenters. The highest BCUT2D eigenvalue weighted by atomic mass is 16.6. The second-order valence-electron chi connectivity index (χ2n) is 5.35. The van der Waals surface area contributed by atoms with Gasteiger partial charge in [-0.15, -0.1) is 0 Å². The maximum atomic E-state index is 9.13. The lowest BCUT2D eigenvalue weighted by atomic mass is 10.1. The van der Waals surface area contributed by atoms with Gasteiger partial charge in [-0.05, 0) is 43.6 Å². The lowest BCUT2D eigenvalue weighted by molar-refractivity contribution is 0.0454. The molecule has 1 aromatic carbocycles. The zero-order valence-electron chi connectivity index (χ0n) is 11.2. The third-order valence-electron chi connectivity index (χ3n) is 3.78. The molecule has 4 heteroatoms. The molecule has 1 saturated heterocycles. The number of hydrogen-bond donors (Lipinski definition) is 1. The molecule has 0 spiro atoms. The van der Waals surface area contributed by atoms with Crippen molar-refractivity contribution < 1.29 is 14.6 Å². The van der Waals surface area contributed by atoms with Crippen LogP contribution in [-0.2, 0) is 6.54 Å². The molecule has 2 aliphatic heterocycles. The van der Waals surface area contributed by atoms with Gasteiger partial charge in [-0.3, -0.25) is 4.90 Å². The van der Waals surface area contributed by atoms with Gasteiger partial charge in [0.05, 0.1) is 6.61 Å². The Morgan fingerprint density at radius 2 is 2.00 bits per heavy atom. The fraction of sp³-hybridized carbons (Fsp3) is 0.600. The van der Waals surface area contributed by atoms with Crippen LogP contribution in [0.5, 0.6) is 11.5 Å². The van der Waals surface area contributed by atoms with Gasteiger partial charge in [-0.2, -0.15) is 0 Å². The zero-order chi connectivity index (χ0) is 13.1. The Labute approximate surface area is 113 Å². The fourth-order valence-electron chi connectivity index (χ4n) is 2.72. The van der Waals surface area contributed by atoms with E-state index >= 15 is 0 Å². The molecule has 0 aliphatic carbocycles. The average Bonchev–Trinajstić information content (AvgIpc) is 2.47. The molecular formula is C15H21NO3. The van der Waals surface area contributed by atoms with E-state index in [1.807, 2.05) is 12.1 Å². The van der Waals surface area contributed by atoms with E-state index in [0.29, 0.717) is 6.61 Å². The van der Waals surface area contributed by atoms with Crippen LogP contribution in [0.4, 0.5) is 0 Å². The summed E-state index contributed by atoms with van der Waals surface area (Å²) in [6, 6.07) is 6.13. The summed E-state index contributed by atoms with van der Waals surface area (Å²) in [5, 5.41) is 9.13. The molecule has 0 radical (unpaired) electrons. The Bertz CT molecular complexity index is 429. The van der Waals surface area contributed by atoms with Crippen LogP contribution in [0.15, 0.2) is 18.2 Å². The molecule has 1 fully saturated rings. The normalized spacial score (nSPS) is 23.3. The van der Waals surface area contributed by atoms with Crippen molar-refractivity contribution in [3.63, 3.8) is 0 Å². The molecule has 4 nitrogen and oxygen atoms in total. The molecule has 2 aliphatic rings. The summed E-state index contributed by atoms with van der Waals surface area (Å²) >= 11 is 0. The number of likely N-dealkylation sites (tertiary alicyclic amines) is 1. The van der Waals surface area contributed by atoms with Crippen LogP contribution in [0.3, 0.4) is 0 Å².